The maximum atomic E-state index is 6.08. The van der Waals surface area contributed by atoms with E-state index in [1.807, 2.05) is 36.4 Å². The Bertz CT molecular complexity index is 829. The van der Waals surface area contributed by atoms with Crippen LogP contribution in [0.5, 0.6) is 5.75 Å². The van der Waals surface area contributed by atoms with E-state index >= 15 is 0 Å². The monoisotopic (exact) mass is 349 g/mol. The molecule has 2 aromatic rings. The van der Waals surface area contributed by atoms with Crippen LogP contribution in [0.2, 0.25) is 0 Å². The third-order valence-corrected chi connectivity index (χ3v) is 4.97. The van der Waals surface area contributed by atoms with Crippen molar-refractivity contribution in [3.8, 4) is 5.75 Å². The standard InChI is InChI=1S/C21H19NO2S/c1-15-13-18(21-17-9-5-6-10-20(17)24-25-22-21)19(23-14-15)12-11-16-7-3-2-4-8-16/h2-12,18-19H,1,13-14H2/t18?,19-/m1/s1. The van der Waals surface area contributed by atoms with E-state index in [0.29, 0.717) is 6.61 Å². The van der Waals surface area contributed by atoms with Crippen molar-refractivity contribution in [2.75, 3.05) is 6.61 Å². The van der Waals surface area contributed by atoms with E-state index in [0.717, 1.165) is 46.8 Å². The fourth-order valence-corrected chi connectivity index (χ4v) is 3.77. The van der Waals surface area contributed by atoms with Gasteiger partial charge in [0.2, 0.25) is 12.2 Å². The molecule has 0 spiro atoms. The summed E-state index contributed by atoms with van der Waals surface area (Å²) in [5, 5.41) is 0. The van der Waals surface area contributed by atoms with Gasteiger partial charge < -0.3 is 8.92 Å². The molecular weight excluding hydrogens is 330 g/mol. The predicted molar refractivity (Wildman–Crippen MR) is 104 cm³/mol. The molecule has 0 amide bonds. The molecule has 4 heteroatoms. The number of hydrogen-bond acceptors (Lipinski definition) is 4. The first-order valence-corrected chi connectivity index (χ1v) is 9.03. The zero-order valence-corrected chi connectivity index (χ0v) is 14.6. The summed E-state index contributed by atoms with van der Waals surface area (Å²) in [6, 6.07) is 18.3. The molecule has 0 radical (unpaired) electrons. The third-order valence-electron chi connectivity index (χ3n) is 4.44. The maximum absolute atomic E-state index is 6.08. The largest absolute Gasteiger partial charge is 0.403 e. The Morgan fingerprint density at radius 2 is 1.88 bits per heavy atom. The van der Waals surface area contributed by atoms with Crippen LogP contribution in [0, 0.1) is 5.92 Å². The van der Waals surface area contributed by atoms with E-state index in [4.69, 9.17) is 8.92 Å². The molecule has 2 aliphatic rings. The molecule has 2 atom stereocenters. The van der Waals surface area contributed by atoms with E-state index in [1.165, 1.54) is 0 Å². The normalized spacial score (nSPS) is 23.0. The first-order valence-electron chi connectivity index (χ1n) is 8.34. The Hall–Kier alpha value is -2.30. The smallest absolute Gasteiger partial charge is 0.201 e. The minimum atomic E-state index is -0.0313. The van der Waals surface area contributed by atoms with Gasteiger partial charge in [0.05, 0.1) is 18.4 Å². The summed E-state index contributed by atoms with van der Waals surface area (Å²) < 4.78 is 16.2. The molecule has 2 aromatic carbocycles. The van der Waals surface area contributed by atoms with Crippen LogP contribution in [-0.4, -0.2) is 18.4 Å². The van der Waals surface area contributed by atoms with Crippen LogP contribution in [0.3, 0.4) is 0 Å². The number of ether oxygens (including phenoxy) is 1. The molecule has 0 bridgehead atoms. The lowest BCUT2D eigenvalue weighted by Gasteiger charge is -2.33. The molecular formula is C21H19NO2S. The SMILES string of the molecule is C=C1CO[C@H](C=Cc2ccccc2)C(C2=NSOc3ccccc32)C1. The highest BCUT2D eigenvalue weighted by Gasteiger charge is 2.33. The first kappa shape index (κ1) is 16.2. The summed E-state index contributed by atoms with van der Waals surface area (Å²) in [4.78, 5) is 0. The lowest BCUT2D eigenvalue weighted by atomic mass is 9.84. The van der Waals surface area contributed by atoms with Crippen molar-refractivity contribution < 1.29 is 8.92 Å². The fourth-order valence-electron chi connectivity index (χ4n) is 3.19. The van der Waals surface area contributed by atoms with Gasteiger partial charge in [-0.05, 0) is 24.1 Å². The molecule has 1 saturated heterocycles. The van der Waals surface area contributed by atoms with E-state index in [-0.39, 0.29) is 12.0 Å². The van der Waals surface area contributed by atoms with Gasteiger partial charge in [-0.2, -0.15) is 4.40 Å². The summed E-state index contributed by atoms with van der Waals surface area (Å²) >= 11 is 1.14. The summed E-state index contributed by atoms with van der Waals surface area (Å²) in [6.45, 7) is 4.72. The zero-order valence-electron chi connectivity index (χ0n) is 13.8. The average Bonchev–Trinajstić information content (AvgIpc) is 2.67. The van der Waals surface area contributed by atoms with E-state index in [2.05, 4.69) is 41.3 Å². The number of fused-ring (bicyclic) bond motifs is 1. The molecule has 126 valence electrons. The molecule has 2 aliphatic heterocycles. The van der Waals surface area contributed by atoms with Crippen molar-refractivity contribution in [3.05, 3.63) is 84.0 Å². The van der Waals surface area contributed by atoms with Gasteiger partial charge in [-0.15, -0.1) is 0 Å². The zero-order chi connectivity index (χ0) is 17.1. The van der Waals surface area contributed by atoms with Crippen LogP contribution in [0.15, 0.2) is 77.2 Å². The Balaban J connectivity index is 1.64. The lowest BCUT2D eigenvalue weighted by Crippen LogP contribution is -2.35. The second kappa shape index (κ2) is 7.30. The highest BCUT2D eigenvalue weighted by molar-refractivity contribution is 7.93. The highest BCUT2D eigenvalue weighted by Crippen LogP contribution is 2.36. The number of nitrogens with zero attached hydrogens (tertiary/aromatic N) is 1. The summed E-state index contributed by atoms with van der Waals surface area (Å²) in [5.74, 6) is 0.998. The Morgan fingerprint density at radius 1 is 1.08 bits per heavy atom. The van der Waals surface area contributed by atoms with E-state index < -0.39 is 0 Å². The van der Waals surface area contributed by atoms with Crippen LogP contribution >= 0.6 is 12.2 Å². The molecule has 0 aromatic heterocycles. The molecule has 0 N–H and O–H groups in total. The topological polar surface area (TPSA) is 30.8 Å². The first-order chi connectivity index (χ1) is 12.3. The van der Waals surface area contributed by atoms with Gasteiger partial charge in [0, 0.05) is 11.5 Å². The molecule has 25 heavy (non-hydrogen) atoms. The second-order valence-electron chi connectivity index (χ2n) is 6.24. The third kappa shape index (κ3) is 3.55. The van der Waals surface area contributed by atoms with Gasteiger partial charge in [0.1, 0.15) is 5.75 Å². The summed E-state index contributed by atoms with van der Waals surface area (Å²) in [7, 11) is 0. The average molecular weight is 349 g/mol. The van der Waals surface area contributed by atoms with Crippen molar-refractivity contribution >= 4 is 24.0 Å². The molecule has 3 nitrogen and oxygen atoms in total. The Kier molecular flexibility index (Phi) is 4.72. The number of benzene rings is 2. The minimum absolute atomic E-state index is 0.0313. The quantitative estimate of drug-likeness (QED) is 0.438. The van der Waals surface area contributed by atoms with Gasteiger partial charge >= 0.3 is 0 Å². The van der Waals surface area contributed by atoms with E-state index in [9.17, 15) is 0 Å². The van der Waals surface area contributed by atoms with Crippen molar-refractivity contribution in [2.24, 2.45) is 10.3 Å². The summed E-state index contributed by atoms with van der Waals surface area (Å²) in [6.07, 6.45) is 5.09. The summed E-state index contributed by atoms with van der Waals surface area (Å²) in [5.41, 5.74) is 4.34. The van der Waals surface area contributed by atoms with E-state index in [1.54, 1.807) is 0 Å². The number of rotatable bonds is 3. The van der Waals surface area contributed by atoms with Crippen molar-refractivity contribution in [1.29, 1.82) is 0 Å². The molecule has 2 heterocycles. The van der Waals surface area contributed by atoms with Crippen molar-refractivity contribution in [3.63, 3.8) is 0 Å². The predicted octanol–water partition coefficient (Wildman–Crippen LogP) is 5.11. The van der Waals surface area contributed by atoms with Gasteiger partial charge in [0.25, 0.3) is 0 Å². The van der Waals surface area contributed by atoms with Gasteiger partial charge in [0.15, 0.2) is 0 Å². The maximum Gasteiger partial charge on any atom is 0.201 e. The molecule has 0 saturated carbocycles. The van der Waals surface area contributed by atoms with Crippen molar-refractivity contribution in [1.82, 2.24) is 0 Å². The van der Waals surface area contributed by atoms with Gasteiger partial charge in [-0.1, -0.05) is 66.8 Å². The second-order valence-corrected chi connectivity index (χ2v) is 6.73. The fraction of sp³-hybridized carbons (Fsp3) is 0.190. The van der Waals surface area contributed by atoms with Crippen LogP contribution in [0.25, 0.3) is 6.08 Å². The highest BCUT2D eigenvalue weighted by atomic mass is 32.2. The Labute approximate surface area is 152 Å². The molecule has 0 aliphatic carbocycles. The Morgan fingerprint density at radius 3 is 2.76 bits per heavy atom. The number of para-hydroxylation sites is 1. The minimum Gasteiger partial charge on any atom is -0.403 e. The number of hydrogen-bond donors (Lipinski definition) is 0. The van der Waals surface area contributed by atoms with Crippen LogP contribution < -0.4 is 4.18 Å². The van der Waals surface area contributed by atoms with Crippen LogP contribution in [0.1, 0.15) is 17.5 Å². The lowest BCUT2D eigenvalue weighted by molar-refractivity contribution is 0.0559. The van der Waals surface area contributed by atoms with Gasteiger partial charge in [-0.25, -0.2) is 0 Å². The molecule has 1 fully saturated rings. The van der Waals surface area contributed by atoms with Crippen LogP contribution in [0.4, 0.5) is 0 Å². The van der Waals surface area contributed by atoms with Crippen molar-refractivity contribution in [2.45, 2.75) is 12.5 Å². The molecule has 1 unspecified atom stereocenters. The van der Waals surface area contributed by atoms with Gasteiger partial charge in [-0.3, -0.25) is 0 Å². The molecule has 4 rings (SSSR count). The van der Waals surface area contributed by atoms with Crippen LogP contribution in [-0.2, 0) is 4.74 Å².